The van der Waals surface area contributed by atoms with Gasteiger partial charge in [-0.15, -0.1) is 0 Å². The largest absolute Gasteiger partial charge is 0.326 e. The van der Waals surface area contributed by atoms with E-state index in [4.69, 9.17) is 0 Å². The molecule has 1 N–H and O–H groups in total. The highest BCUT2D eigenvalue weighted by Gasteiger charge is 2.62. The van der Waals surface area contributed by atoms with E-state index in [9.17, 15) is 4.79 Å². The summed E-state index contributed by atoms with van der Waals surface area (Å²) in [6, 6.07) is 20.0. The van der Waals surface area contributed by atoms with Crippen molar-refractivity contribution in [2.45, 2.75) is 19.8 Å². The van der Waals surface area contributed by atoms with Crippen molar-refractivity contribution in [3.8, 4) is 0 Å². The molecule has 2 nitrogen and oxygen atoms in total. The predicted octanol–water partition coefficient (Wildman–Crippen LogP) is 4.06. The number of hydrogen-bond donors (Lipinski definition) is 1. The maximum Gasteiger partial charge on any atom is 0.228 e. The zero-order chi connectivity index (χ0) is 14.2. The first kappa shape index (κ1) is 12.9. The lowest BCUT2D eigenvalue weighted by molar-refractivity contribution is -0.118. The fourth-order valence-corrected chi connectivity index (χ4v) is 3.15. The van der Waals surface area contributed by atoms with Crippen LogP contribution in [0.1, 0.15) is 25.3 Å². The van der Waals surface area contributed by atoms with Crippen LogP contribution in [-0.4, -0.2) is 5.91 Å². The Morgan fingerprint density at radius 2 is 1.50 bits per heavy atom. The number of benzene rings is 2. The lowest BCUT2D eigenvalue weighted by Crippen LogP contribution is -2.16. The van der Waals surface area contributed by atoms with Gasteiger partial charge in [-0.3, -0.25) is 4.79 Å². The summed E-state index contributed by atoms with van der Waals surface area (Å²) in [6.45, 7) is 4.33. The molecule has 2 aromatic rings. The number of carbonyl (C=O) groups excluding carboxylic acids is 1. The molecule has 2 unspecified atom stereocenters. The van der Waals surface area contributed by atoms with Crippen LogP contribution in [0.3, 0.4) is 0 Å². The van der Waals surface area contributed by atoms with Crippen molar-refractivity contribution < 1.29 is 4.79 Å². The first-order valence-electron chi connectivity index (χ1n) is 7.01. The van der Waals surface area contributed by atoms with Crippen LogP contribution in [0.15, 0.2) is 60.7 Å². The van der Waals surface area contributed by atoms with Gasteiger partial charge in [0.05, 0.1) is 5.92 Å². The molecule has 2 heteroatoms. The van der Waals surface area contributed by atoms with Crippen molar-refractivity contribution in [3.05, 3.63) is 66.2 Å². The lowest BCUT2D eigenvalue weighted by atomic mass is 10.0. The number of nitrogens with one attached hydrogen (secondary N) is 1. The number of anilines is 1. The van der Waals surface area contributed by atoms with Gasteiger partial charge in [-0.1, -0.05) is 62.4 Å². The molecular weight excluding hydrogens is 246 g/mol. The molecule has 0 radical (unpaired) electrons. The van der Waals surface area contributed by atoms with Gasteiger partial charge in [0.25, 0.3) is 0 Å². The Balaban J connectivity index is 1.76. The van der Waals surface area contributed by atoms with Crippen molar-refractivity contribution in [2.75, 3.05) is 5.32 Å². The summed E-state index contributed by atoms with van der Waals surface area (Å²) in [5.74, 6) is 0.479. The number of rotatable bonds is 3. The zero-order valence-electron chi connectivity index (χ0n) is 11.8. The van der Waals surface area contributed by atoms with Gasteiger partial charge in [0.1, 0.15) is 0 Å². The van der Waals surface area contributed by atoms with Gasteiger partial charge < -0.3 is 5.32 Å². The molecule has 1 aliphatic carbocycles. The van der Waals surface area contributed by atoms with E-state index in [1.165, 1.54) is 5.56 Å². The van der Waals surface area contributed by atoms with Crippen LogP contribution in [0.2, 0.25) is 0 Å². The molecule has 3 rings (SSSR count). The van der Waals surface area contributed by atoms with E-state index in [1.807, 2.05) is 48.5 Å². The summed E-state index contributed by atoms with van der Waals surface area (Å²) in [5.41, 5.74) is 2.15. The van der Waals surface area contributed by atoms with Crippen molar-refractivity contribution in [1.82, 2.24) is 0 Å². The maximum atomic E-state index is 12.5. The third-order valence-electron chi connectivity index (χ3n) is 4.31. The monoisotopic (exact) mass is 265 g/mol. The van der Waals surface area contributed by atoms with Crippen LogP contribution in [0.4, 0.5) is 5.69 Å². The van der Waals surface area contributed by atoms with Crippen LogP contribution in [-0.2, 0) is 4.79 Å². The molecule has 0 bridgehead atoms. The Morgan fingerprint density at radius 1 is 0.950 bits per heavy atom. The Morgan fingerprint density at radius 3 is 2.10 bits per heavy atom. The minimum absolute atomic E-state index is 0.0280. The Kier molecular flexibility index (Phi) is 3.09. The van der Waals surface area contributed by atoms with Gasteiger partial charge >= 0.3 is 0 Å². The average molecular weight is 265 g/mol. The highest BCUT2D eigenvalue weighted by Crippen LogP contribution is 2.64. The van der Waals surface area contributed by atoms with Gasteiger partial charge in [0, 0.05) is 11.6 Å². The normalized spacial score (nSPS) is 23.1. The molecule has 1 fully saturated rings. The van der Waals surface area contributed by atoms with Crippen LogP contribution in [0.5, 0.6) is 0 Å². The van der Waals surface area contributed by atoms with Gasteiger partial charge in [0.15, 0.2) is 0 Å². The quantitative estimate of drug-likeness (QED) is 0.890. The summed E-state index contributed by atoms with van der Waals surface area (Å²) >= 11 is 0. The second-order valence-corrected chi connectivity index (χ2v) is 6.04. The Bertz CT molecular complexity index is 604. The second-order valence-electron chi connectivity index (χ2n) is 6.04. The SMILES string of the molecule is CC1(C)C(C(=O)Nc2ccccc2)C1c1ccccc1. The number of hydrogen-bond acceptors (Lipinski definition) is 1. The van der Waals surface area contributed by atoms with Gasteiger partial charge in [-0.05, 0) is 23.1 Å². The third kappa shape index (κ3) is 2.22. The molecule has 0 heterocycles. The van der Waals surface area contributed by atoms with Crippen LogP contribution in [0.25, 0.3) is 0 Å². The molecule has 0 aromatic heterocycles. The molecular formula is C18H19NO. The minimum Gasteiger partial charge on any atom is -0.326 e. The van der Waals surface area contributed by atoms with Crippen LogP contribution < -0.4 is 5.32 Å². The van der Waals surface area contributed by atoms with Crippen molar-refractivity contribution in [2.24, 2.45) is 11.3 Å². The topological polar surface area (TPSA) is 29.1 Å². The molecule has 1 amide bonds. The summed E-state index contributed by atoms with van der Waals surface area (Å²) in [5, 5.41) is 3.02. The molecule has 102 valence electrons. The summed E-state index contributed by atoms with van der Waals surface area (Å²) in [7, 11) is 0. The number of para-hydroxylation sites is 1. The average Bonchev–Trinajstić information content (AvgIpc) is 3.04. The molecule has 1 aliphatic rings. The highest BCUT2D eigenvalue weighted by molar-refractivity contribution is 5.96. The van der Waals surface area contributed by atoms with Crippen molar-refractivity contribution in [3.63, 3.8) is 0 Å². The second kappa shape index (κ2) is 4.78. The van der Waals surface area contributed by atoms with Gasteiger partial charge in [0.2, 0.25) is 5.91 Å². The summed E-state index contributed by atoms with van der Waals surface area (Å²) in [4.78, 5) is 12.5. The first-order valence-corrected chi connectivity index (χ1v) is 7.01. The van der Waals surface area contributed by atoms with Crippen molar-refractivity contribution >= 4 is 11.6 Å². The molecule has 1 saturated carbocycles. The van der Waals surface area contributed by atoms with Crippen LogP contribution in [0, 0.1) is 11.3 Å². The molecule has 2 aromatic carbocycles. The number of amides is 1. The molecule has 0 spiro atoms. The molecule has 2 atom stereocenters. The number of carbonyl (C=O) groups is 1. The fraction of sp³-hybridized carbons (Fsp3) is 0.278. The fourth-order valence-electron chi connectivity index (χ4n) is 3.15. The maximum absolute atomic E-state index is 12.5. The van der Waals surface area contributed by atoms with E-state index >= 15 is 0 Å². The first-order chi connectivity index (χ1) is 9.60. The zero-order valence-corrected chi connectivity index (χ0v) is 11.8. The molecule has 0 saturated heterocycles. The van der Waals surface area contributed by atoms with E-state index in [0.29, 0.717) is 5.92 Å². The van der Waals surface area contributed by atoms with E-state index in [2.05, 4.69) is 31.3 Å². The van der Waals surface area contributed by atoms with E-state index in [-0.39, 0.29) is 17.2 Å². The highest BCUT2D eigenvalue weighted by atomic mass is 16.2. The van der Waals surface area contributed by atoms with E-state index in [1.54, 1.807) is 0 Å². The van der Waals surface area contributed by atoms with E-state index < -0.39 is 0 Å². The Hall–Kier alpha value is -2.09. The molecule has 0 aliphatic heterocycles. The van der Waals surface area contributed by atoms with E-state index in [0.717, 1.165) is 5.69 Å². The standard InChI is InChI=1S/C18H19NO/c1-18(2)15(13-9-5-3-6-10-13)16(18)17(20)19-14-11-7-4-8-12-14/h3-12,15-16H,1-2H3,(H,19,20). The van der Waals surface area contributed by atoms with Gasteiger partial charge in [-0.25, -0.2) is 0 Å². The lowest BCUT2D eigenvalue weighted by Gasteiger charge is -2.05. The minimum atomic E-state index is 0.0280. The molecule has 20 heavy (non-hydrogen) atoms. The summed E-state index contributed by atoms with van der Waals surface area (Å²) < 4.78 is 0. The Labute approximate surface area is 119 Å². The van der Waals surface area contributed by atoms with Crippen LogP contribution >= 0.6 is 0 Å². The van der Waals surface area contributed by atoms with Crippen molar-refractivity contribution in [1.29, 1.82) is 0 Å². The van der Waals surface area contributed by atoms with Gasteiger partial charge in [-0.2, -0.15) is 0 Å². The summed E-state index contributed by atoms with van der Waals surface area (Å²) in [6.07, 6.45) is 0. The predicted molar refractivity (Wildman–Crippen MR) is 81.5 cm³/mol. The smallest absolute Gasteiger partial charge is 0.228 e. The third-order valence-corrected chi connectivity index (χ3v) is 4.31.